The second-order valence-corrected chi connectivity index (χ2v) is 13.7. The Bertz CT molecular complexity index is 1320. The summed E-state index contributed by atoms with van der Waals surface area (Å²) in [4.78, 5) is 59.2. The van der Waals surface area contributed by atoms with Crippen molar-refractivity contribution in [1.82, 2.24) is 15.1 Å². The van der Waals surface area contributed by atoms with Gasteiger partial charge in [0.1, 0.15) is 18.2 Å². The van der Waals surface area contributed by atoms with Crippen molar-refractivity contribution in [2.75, 3.05) is 19.8 Å². The largest absolute Gasteiger partial charge is 0.463 e. The molecule has 0 aliphatic carbocycles. The van der Waals surface area contributed by atoms with Crippen LogP contribution in [0.2, 0.25) is 0 Å². The van der Waals surface area contributed by atoms with Crippen LogP contribution in [0.25, 0.3) is 0 Å². The molecule has 1 spiro atoms. The first-order valence-electron chi connectivity index (χ1n) is 15.7. The lowest BCUT2D eigenvalue weighted by molar-refractivity contribution is -0.154. The quantitative estimate of drug-likeness (QED) is 0.390. The maximum Gasteiger partial charge on any atom is 0.306 e. The van der Waals surface area contributed by atoms with E-state index in [4.69, 9.17) is 9.47 Å². The number of fused-ring (bicyclic) bond motifs is 2. The molecule has 2 fully saturated rings. The summed E-state index contributed by atoms with van der Waals surface area (Å²) in [5, 5.41) is 13.6. The molecule has 2 N–H and O–H groups in total. The van der Waals surface area contributed by atoms with E-state index in [9.17, 15) is 24.3 Å². The minimum Gasteiger partial charge on any atom is -0.463 e. The molecule has 0 aromatic heterocycles. The van der Waals surface area contributed by atoms with Crippen LogP contribution in [-0.4, -0.2) is 87.7 Å². The number of rotatable bonds is 5. The van der Waals surface area contributed by atoms with Gasteiger partial charge in [0.25, 0.3) is 0 Å². The van der Waals surface area contributed by atoms with Crippen molar-refractivity contribution in [2.45, 2.75) is 89.3 Å². The molecule has 7 atom stereocenters. The minimum absolute atomic E-state index is 0.0606. The zero-order valence-corrected chi connectivity index (χ0v) is 26.3. The van der Waals surface area contributed by atoms with E-state index in [1.165, 1.54) is 4.90 Å². The van der Waals surface area contributed by atoms with Crippen molar-refractivity contribution in [2.24, 2.45) is 17.8 Å². The molecule has 4 heterocycles. The third kappa shape index (κ3) is 5.81. The number of hydrogen-bond acceptors (Lipinski definition) is 7. The SMILES string of the molecule is CC(C)C[C@H](CO)N1C(=O)[C@@H]2[C@H]3C(=O)N[C@H](c4ccccc4)COC(=O)CC/C=C\[C@H]3O[C@@]23C=CCN(C(C)(C)C)C(=O)[C@@H]13. The fraction of sp³-hybridized carbons (Fsp3) is 0.588. The van der Waals surface area contributed by atoms with Crippen LogP contribution in [0.1, 0.15) is 65.5 Å². The molecule has 10 nitrogen and oxygen atoms in total. The van der Waals surface area contributed by atoms with Crippen LogP contribution in [0.3, 0.4) is 0 Å². The van der Waals surface area contributed by atoms with E-state index in [2.05, 4.69) is 5.32 Å². The highest BCUT2D eigenvalue weighted by Gasteiger charge is 2.72. The van der Waals surface area contributed by atoms with Gasteiger partial charge in [-0.15, -0.1) is 0 Å². The molecule has 10 heteroatoms. The third-order valence-corrected chi connectivity index (χ3v) is 9.16. The van der Waals surface area contributed by atoms with Crippen molar-refractivity contribution in [3.05, 3.63) is 60.2 Å². The number of aliphatic hydroxyl groups is 1. The van der Waals surface area contributed by atoms with E-state index in [1.807, 2.05) is 71.0 Å². The Balaban J connectivity index is 1.63. The Hall–Kier alpha value is -3.50. The van der Waals surface area contributed by atoms with Gasteiger partial charge in [0.05, 0.1) is 36.6 Å². The van der Waals surface area contributed by atoms with Gasteiger partial charge in [0.2, 0.25) is 17.7 Å². The number of aliphatic hydroxyl groups excluding tert-OH is 1. The Morgan fingerprint density at radius 3 is 2.45 bits per heavy atom. The average molecular weight is 608 g/mol. The molecule has 0 bridgehead atoms. The molecule has 4 aliphatic rings. The number of benzene rings is 1. The maximum atomic E-state index is 14.7. The molecule has 1 aromatic carbocycles. The first-order valence-corrected chi connectivity index (χ1v) is 15.7. The third-order valence-electron chi connectivity index (χ3n) is 9.16. The number of ether oxygens (including phenoxy) is 2. The number of hydrogen-bond donors (Lipinski definition) is 2. The summed E-state index contributed by atoms with van der Waals surface area (Å²) in [6.07, 6.45) is 7.36. The molecule has 5 rings (SSSR count). The molecule has 0 unspecified atom stereocenters. The molecule has 3 amide bonds. The number of carbonyl (C=O) groups excluding carboxylic acids is 4. The van der Waals surface area contributed by atoms with Crippen LogP contribution >= 0.6 is 0 Å². The minimum atomic E-state index is -1.43. The Morgan fingerprint density at radius 1 is 1.07 bits per heavy atom. The lowest BCUT2D eigenvalue weighted by atomic mass is 9.77. The second kappa shape index (κ2) is 12.5. The van der Waals surface area contributed by atoms with Gasteiger partial charge in [-0.1, -0.05) is 68.5 Å². The van der Waals surface area contributed by atoms with Crippen molar-refractivity contribution < 1.29 is 33.8 Å². The summed E-state index contributed by atoms with van der Waals surface area (Å²) in [5.74, 6) is -3.30. The second-order valence-electron chi connectivity index (χ2n) is 13.7. The van der Waals surface area contributed by atoms with Gasteiger partial charge in [-0.2, -0.15) is 0 Å². The summed E-state index contributed by atoms with van der Waals surface area (Å²) in [6.45, 7) is 9.77. The summed E-state index contributed by atoms with van der Waals surface area (Å²) < 4.78 is 12.3. The van der Waals surface area contributed by atoms with Crippen LogP contribution in [0.15, 0.2) is 54.6 Å². The Morgan fingerprint density at radius 2 is 1.80 bits per heavy atom. The lowest BCUT2D eigenvalue weighted by Gasteiger charge is -2.42. The summed E-state index contributed by atoms with van der Waals surface area (Å²) in [7, 11) is 0. The molecule has 4 aliphatic heterocycles. The smallest absolute Gasteiger partial charge is 0.306 e. The number of nitrogens with one attached hydrogen (secondary N) is 1. The van der Waals surface area contributed by atoms with E-state index in [-0.39, 0.29) is 43.3 Å². The molecule has 0 radical (unpaired) electrons. The normalized spacial score (nSPS) is 32.6. The van der Waals surface area contributed by atoms with E-state index in [1.54, 1.807) is 23.1 Å². The van der Waals surface area contributed by atoms with Crippen LogP contribution in [-0.2, 0) is 28.7 Å². The van der Waals surface area contributed by atoms with Crippen molar-refractivity contribution in [1.29, 1.82) is 0 Å². The van der Waals surface area contributed by atoms with Crippen LogP contribution in [0.5, 0.6) is 0 Å². The number of allylic oxidation sites excluding steroid dienone is 1. The van der Waals surface area contributed by atoms with Crippen LogP contribution in [0, 0.1) is 17.8 Å². The molecular formula is C34H45N3O7. The van der Waals surface area contributed by atoms with E-state index < -0.39 is 53.1 Å². The Kier molecular flexibility index (Phi) is 9.05. The molecule has 238 valence electrons. The number of amides is 3. The van der Waals surface area contributed by atoms with Crippen molar-refractivity contribution in [3.63, 3.8) is 0 Å². The number of cyclic esters (lactones) is 1. The lowest BCUT2D eigenvalue weighted by Crippen LogP contribution is -2.60. The number of carbonyl (C=O) groups is 4. The molecule has 0 saturated carbocycles. The summed E-state index contributed by atoms with van der Waals surface area (Å²) in [5.41, 5.74) is -1.22. The Labute approximate surface area is 259 Å². The number of likely N-dealkylation sites (tertiary alicyclic amines) is 1. The van der Waals surface area contributed by atoms with Gasteiger partial charge >= 0.3 is 5.97 Å². The molecular weight excluding hydrogens is 562 g/mol. The van der Waals surface area contributed by atoms with E-state index in [0.717, 1.165) is 5.56 Å². The standard InChI is InChI=1S/C34H45N3O7/c1-21(2)18-23(19-38)37-29-32(42)36(33(3,4)5)17-11-16-34(29)28(31(37)41)27-25(44-34)14-9-10-15-26(39)43-20-24(35-30(27)40)22-12-7-6-8-13-22/h6-9,11-14,16,21,23-25,27-29,38H,10,15,17-20H2,1-5H3,(H,35,40)/b14-9-/t23-,24+,25-,27+,28+,29-,34+/m1/s1. The van der Waals surface area contributed by atoms with Crippen LogP contribution < -0.4 is 5.32 Å². The van der Waals surface area contributed by atoms with Gasteiger partial charge in [-0.3, -0.25) is 19.2 Å². The first kappa shape index (κ1) is 31.9. The monoisotopic (exact) mass is 607 g/mol. The highest BCUT2D eigenvalue weighted by Crippen LogP contribution is 2.54. The highest BCUT2D eigenvalue weighted by molar-refractivity contribution is 6.00. The fourth-order valence-corrected chi connectivity index (χ4v) is 7.19. The topological polar surface area (TPSA) is 125 Å². The van der Waals surface area contributed by atoms with Gasteiger partial charge in [-0.25, -0.2) is 0 Å². The van der Waals surface area contributed by atoms with Crippen molar-refractivity contribution in [3.8, 4) is 0 Å². The summed E-state index contributed by atoms with van der Waals surface area (Å²) in [6, 6.07) is 6.90. The van der Waals surface area contributed by atoms with Crippen molar-refractivity contribution >= 4 is 23.7 Å². The van der Waals surface area contributed by atoms with E-state index in [0.29, 0.717) is 19.4 Å². The molecule has 1 aromatic rings. The van der Waals surface area contributed by atoms with Gasteiger partial charge in [0, 0.05) is 18.5 Å². The van der Waals surface area contributed by atoms with E-state index >= 15 is 0 Å². The van der Waals surface area contributed by atoms with Gasteiger partial charge in [0.15, 0.2) is 0 Å². The average Bonchev–Trinajstić information content (AvgIpc) is 3.35. The summed E-state index contributed by atoms with van der Waals surface area (Å²) >= 11 is 0. The molecule has 44 heavy (non-hydrogen) atoms. The zero-order valence-electron chi connectivity index (χ0n) is 26.3. The fourth-order valence-electron chi connectivity index (χ4n) is 7.19. The highest BCUT2D eigenvalue weighted by atomic mass is 16.5. The predicted molar refractivity (Wildman–Crippen MR) is 163 cm³/mol. The molecule has 2 saturated heterocycles. The van der Waals surface area contributed by atoms with Gasteiger partial charge in [-0.05, 0) is 45.1 Å². The zero-order chi connectivity index (χ0) is 31.8. The number of esters is 1. The maximum absolute atomic E-state index is 14.7. The van der Waals surface area contributed by atoms with Gasteiger partial charge < -0.3 is 29.7 Å². The first-order chi connectivity index (χ1) is 20.9. The number of nitrogens with zero attached hydrogens (tertiary/aromatic N) is 2. The predicted octanol–water partition coefficient (Wildman–Crippen LogP) is 2.92. The van der Waals surface area contributed by atoms with Crippen LogP contribution in [0.4, 0.5) is 0 Å².